The van der Waals surface area contributed by atoms with Gasteiger partial charge < -0.3 is 10.5 Å². The average molecular weight is 289 g/mol. The summed E-state index contributed by atoms with van der Waals surface area (Å²) in [6.45, 7) is 0.880. The van der Waals surface area contributed by atoms with E-state index in [9.17, 15) is 0 Å². The van der Waals surface area contributed by atoms with E-state index in [1.165, 1.54) is 64.2 Å². The molecule has 4 saturated carbocycles. The monoisotopic (exact) mass is 289 g/mol. The minimum Gasteiger partial charge on any atom is -0.363 e. The van der Waals surface area contributed by atoms with E-state index in [4.69, 9.17) is 10.5 Å². The maximum absolute atomic E-state index is 6.26. The topological polar surface area (TPSA) is 35.2 Å². The molecule has 2 heteroatoms. The lowest BCUT2D eigenvalue weighted by atomic mass is 9.51. The lowest BCUT2D eigenvalue weighted by Crippen LogP contribution is -2.43. The number of hydrogen-bond donors (Lipinski definition) is 1. The Hall–Kier alpha value is -0.340. The standard InChI is InChI=1S/C19H31NO/c20-18(21-7-6-13-4-2-1-3-5-13)12-17-10-14-8-15-11-16(9-14)19(15)17/h13-16,18H,1-12,20H2/t14?,15-,16?,18?/m1/s1. The molecule has 3 unspecified atom stereocenters. The van der Waals surface area contributed by atoms with E-state index in [0.29, 0.717) is 0 Å². The summed E-state index contributed by atoms with van der Waals surface area (Å²) in [5, 5.41) is 0. The van der Waals surface area contributed by atoms with Crippen LogP contribution < -0.4 is 5.73 Å². The van der Waals surface area contributed by atoms with E-state index in [2.05, 4.69) is 0 Å². The quantitative estimate of drug-likeness (QED) is 0.581. The maximum atomic E-state index is 6.26. The van der Waals surface area contributed by atoms with E-state index in [-0.39, 0.29) is 6.23 Å². The minimum atomic E-state index is -0.0464. The molecule has 118 valence electrons. The lowest BCUT2D eigenvalue weighted by molar-refractivity contribution is 0.0401. The second-order valence-electron chi connectivity index (χ2n) is 8.14. The van der Waals surface area contributed by atoms with Crippen LogP contribution in [0.2, 0.25) is 0 Å². The number of rotatable bonds is 6. The zero-order valence-corrected chi connectivity index (χ0v) is 13.4. The molecule has 2 nitrogen and oxygen atoms in total. The summed E-state index contributed by atoms with van der Waals surface area (Å²) in [5.74, 6) is 3.79. The molecule has 4 fully saturated rings. The molecule has 0 heterocycles. The summed E-state index contributed by atoms with van der Waals surface area (Å²) in [4.78, 5) is 0. The molecule has 6 rings (SSSR count). The van der Waals surface area contributed by atoms with Crippen LogP contribution in [0.3, 0.4) is 0 Å². The van der Waals surface area contributed by atoms with E-state index in [1.54, 1.807) is 5.57 Å². The van der Waals surface area contributed by atoms with Crippen molar-refractivity contribution in [1.82, 2.24) is 0 Å². The maximum Gasteiger partial charge on any atom is 0.109 e. The molecule has 0 amide bonds. The first-order valence-corrected chi connectivity index (χ1v) is 9.38. The molecule has 6 aliphatic rings. The van der Waals surface area contributed by atoms with Crippen molar-refractivity contribution in [3.05, 3.63) is 11.1 Å². The highest BCUT2D eigenvalue weighted by molar-refractivity contribution is 5.34. The van der Waals surface area contributed by atoms with Crippen LogP contribution in [0.1, 0.15) is 70.6 Å². The Labute approximate surface area is 129 Å². The molecule has 0 aromatic carbocycles. The molecule has 0 aliphatic heterocycles. The van der Waals surface area contributed by atoms with Crippen LogP contribution in [0.4, 0.5) is 0 Å². The summed E-state index contributed by atoms with van der Waals surface area (Å²) >= 11 is 0. The van der Waals surface area contributed by atoms with Crippen LogP contribution >= 0.6 is 0 Å². The van der Waals surface area contributed by atoms with Gasteiger partial charge in [0.15, 0.2) is 0 Å². The van der Waals surface area contributed by atoms with Crippen LogP contribution in [0, 0.1) is 23.7 Å². The van der Waals surface area contributed by atoms with Crippen LogP contribution in [-0.4, -0.2) is 12.8 Å². The second kappa shape index (κ2) is 6.04. The third-order valence-electron chi connectivity index (χ3n) is 6.66. The van der Waals surface area contributed by atoms with E-state index >= 15 is 0 Å². The number of nitrogens with two attached hydrogens (primary N) is 1. The smallest absolute Gasteiger partial charge is 0.109 e. The fraction of sp³-hybridized carbons (Fsp3) is 0.895. The van der Waals surface area contributed by atoms with Crippen molar-refractivity contribution >= 4 is 0 Å². The van der Waals surface area contributed by atoms with Crippen LogP contribution in [0.25, 0.3) is 0 Å². The molecule has 0 saturated heterocycles. The van der Waals surface area contributed by atoms with Gasteiger partial charge in [0, 0.05) is 13.0 Å². The molecule has 0 aromatic rings. The van der Waals surface area contributed by atoms with Crippen molar-refractivity contribution in [1.29, 1.82) is 0 Å². The van der Waals surface area contributed by atoms with Gasteiger partial charge in [-0.1, -0.05) is 43.3 Å². The predicted octanol–water partition coefficient (Wildman–Crippen LogP) is 4.39. The zero-order valence-electron chi connectivity index (χ0n) is 13.4. The van der Waals surface area contributed by atoms with E-state index < -0.39 is 0 Å². The summed E-state index contributed by atoms with van der Waals surface area (Å²) in [6.07, 6.45) is 15.1. The Morgan fingerprint density at radius 3 is 2.52 bits per heavy atom. The first-order chi connectivity index (χ1) is 10.3. The Kier molecular flexibility index (Phi) is 4.10. The predicted molar refractivity (Wildman–Crippen MR) is 85.7 cm³/mol. The highest BCUT2D eigenvalue weighted by atomic mass is 16.5. The van der Waals surface area contributed by atoms with Crippen LogP contribution in [0.15, 0.2) is 11.1 Å². The van der Waals surface area contributed by atoms with Gasteiger partial charge in [0.05, 0.1) is 0 Å². The molecule has 4 bridgehead atoms. The van der Waals surface area contributed by atoms with Crippen molar-refractivity contribution in [2.45, 2.75) is 76.9 Å². The SMILES string of the molecule is NC(CC1=C2C3CC(C1)C[C@@H]2C3)OCCC1CCCCC1. The van der Waals surface area contributed by atoms with Gasteiger partial charge in [-0.05, 0) is 55.8 Å². The molecule has 0 aromatic heterocycles. The largest absolute Gasteiger partial charge is 0.363 e. The van der Waals surface area contributed by atoms with Gasteiger partial charge in [-0.3, -0.25) is 0 Å². The highest BCUT2D eigenvalue weighted by Gasteiger charge is 2.47. The molecule has 6 aliphatic carbocycles. The van der Waals surface area contributed by atoms with Crippen molar-refractivity contribution in [3.8, 4) is 0 Å². The summed E-state index contributed by atoms with van der Waals surface area (Å²) < 4.78 is 5.95. The van der Waals surface area contributed by atoms with Crippen molar-refractivity contribution < 1.29 is 4.74 Å². The van der Waals surface area contributed by atoms with Gasteiger partial charge in [0.1, 0.15) is 6.23 Å². The third kappa shape index (κ3) is 2.94. The molecule has 4 atom stereocenters. The number of hydrogen-bond acceptors (Lipinski definition) is 2. The fourth-order valence-electron chi connectivity index (χ4n) is 5.69. The van der Waals surface area contributed by atoms with Crippen molar-refractivity contribution in [2.75, 3.05) is 6.61 Å². The van der Waals surface area contributed by atoms with Gasteiger partial charge in [0.25, 0.3) is 0 Å². The molecule has 21 heavy (non-hydrogen) atoms. The molecule has 2 N–H and O–H groups in total. The fourth-order valence-corrected chi connectivity index (χ4v) is 5.69. The highest BCUT2D eigenvalue weighted by Crippen LogP contribution is 2.59. The second-order valence-corrected chi connectivity index (χ2v) is 8.14. The van der Waals surface area contributed by atoms with Gasteiger partial charge in [-0.2, -0.15) is 0 Å². The van der Waals surface area contributed by atoms with Crippen LogP contribution in [0.5, 0.6) is 0 Å². The Morgan fingerprint density at radius 1 is 1.05 bits per heavy atom. The molecule has 0 spiro atoms. The summed E-state index contributed by atoms with van der Waals surface area (Å²) in [7, 11) is 0. The van der Waals surface area contributed by atoms with E-state index in [0.717, 1.165) is 36.7 Å². The van der Waals surface area contributed by atoms with E-state index in [1.807, 2.05) is 5.57 Å². The first kappa shape index (κ1) is 14.3. The van der Waals surface area contributed by atoms with Crippen molar-refractivity contribution in [3.63, 3.8) is 0 Å². The Morgan fingerprint density at radius 2 is 1.81 bits per heavy atom. The number of fused-ring (bicyclic) bond motifs is 1. The summed E-state index contributed by atoms with van der Waals surface area (Å²) in [5.41, 5.74) is 9.78. The average Bonchev–Trinajstić information content (AvgIpc) is 2.47. The normalized spacial score (nSPS) is 36.7. The Bertz CT molecular complexity index is 396. The van der Waals surface area contributed by atoms with Gasteiger partial charge in [-0.15, -0.1) is 0 Å². The Balaban J connectivity index is 1.22. The van der Waals surface area contributed by atoms with Crippen molar-refractivity contribution in [2.24, 2.45) is 29.4 Å². The zero-order chi connectivity index (χ0) is 14.2. The number of allylic oxidation sites excluding steroid dienone is 1. The first-order valence-electron chi connectivity index (χ1n) is 9.38. The van der Waals surface area contributed by atoms with Gasteiger partial charge >= 0.3 is 0 Å². The number of ether oxygens (including phenoxy) is 1. The van der Waals surface area contributed by atoms with Gasteiger partial charge in [0.2, 0.25) is 0 Å². The third-order valence-corrected chi connectivity index (χ3v) is 6.66. The lowest BCUT2D eigenvalue weighted by Gasteiger charge is -2.54. The molecular weight excluding hydrogens is 258 g/mol. The summed E-state index contributed by atoms with van der Waals surface area (Å²) in [6, 6.07) is 0. The van der Waals surface area contributed by atoms with Gasteiger partial charge in [-0.25, -0.2) is 0 Å². The molecule has 0 radical (unpaired) electrons. The molecular formula is C19H31NO. The minimum absolute atomic E-state index is 0.0464. The van der Waals surface area contributed by atoms with Crippen LogP contribution in [-0.2, 0) is 4.74 Å².